The maximum absolute atomic E-state index is 11.4. The quantitative estimate of drug-likeness (QED) is 0.816. The van der Waals surface area contributed by atoms with E-state index in [1.807, 2.05) is 45.1 Å². The molecule has 0 bridgehead atoms. The van der Waals surface area contributed by atoms with Crippen molar-refractivity contribution in [2.75, 3.05) is 13.1 Å². The molecular formula is C16H22N2O3. The van der Waals surface area contributed by atoms with Crippen LogP contribution in [0.3, 0.4) is 0 Å². The van der Waals surface area contributed by atoms with Gasteiger partial charge in [-0.15, -0.1) is 0 Å². The van der Waals surface area contributed by atoms with Gasteiger partial charge in [0.2, 0.25) is 0 Å². The Morgan fingerprint density at radius 2 is 1.86 bits per heavy atom. The molecule has 1 aromatic rings. The molecule has 0 saturated heterocycles. The van der Waals surface area contributed by atoms with Crippen LogP contribution < -0.4 is 11.1 Å². The number of nitrogens with one attached hydrogen (secondary N) is 1. The van der Waals surface area contributed by atoms with Gasteiger partial charge < -0.3 is 15.8 Å². The van der Waals surface area contributed by atoms with Crippen LogP contribution in [0.5, 0.6) is 0 Å². The van der Waals surface area contributed by atoms with Crippen LogP contribution in [-0.2, 0) is 4.74 Å². The van der Waals surface area contributed by atoms with Gasteiger partial charge in [-0.05, 0) is 26.3 Å². The van der Waals surface area contributed by atoms with Crippen LogP contribution in [0.2, 0.25) is 0 Å². The molecule has 0 radical (unpaired) electrons. The van der Waals surface area contributed by atoms with E-state index in [2.05, 4.69) is 5.32 Å². The molecule has 5 heteroatoms. The molecule has 21 heavy (non-hydrogen) atoms. The highest BCUT2D eigenvalue weighted by molar-refractivity contribution is 5.97. The minimum absolute atomic E-state index is 0.00892. The van der Waals surface area contributed by atoms with E-state index in [1.165, 1.54) is 0 Å². The number of nitrogens with two attached hydrogens (primary N) is 1. The molecular weight excluding hydrogens is 268 g/mol. The number of hydrogen-bond acceptors (Lipinski definition) is 4. The molecule has 0 aliphatic heterocycles. The molecule has 3 N–H and O–H groups in total. The Morgan fingerprint density at radius 3 is 2.38 bits per heavy atom. The van der Waals surface area contributed by atoms with E-state index in [0.717, 1.165) is 5.56 Å². The van der Waals surface area contributed by atoms with Gasteiger partial charge in [0.25, 0.3) is 0 Å². The third-order valence-corrected chi connectivity index (χ3v) is 2.49. The van der Waals surface area contributed by atoms with Crippen molar-refractivity contribution in [3.8, 4) is 0 Å². The molecule has 0 heterocycles. The van der Waals surface area contributed by atoms with E-state index in [0.29, 0.717) is 12.1 Å². The second-order valence-electron chi connectivity index (χ2n) is 5.53. The Labute approximate surface area is 125 Å². The molecule has 1 rings (SSSR count). The van der Waals surface area contributed by atoms with Crippen LogP contribution in [0.15, 0.2) is 30.3 Å². The smallest absolute Gasteiger partial charge is 0.407 e. The minimum atomic E-state index is -0.501. The first-order chi connectivity index (χ1) is 9.81. The summed E-state index contributed by atoms with van der Waals surface area (Å²) in [5.74, 6) is -0.0860. The molecule has 0 aromatic heterocycles. The maximum Gasteiger partial charge on any atom is 0.407 e. The number of benzene rings is 1. The number of hydrogen-bond donors (Lipinski definition) is 2. The van der Waals surface area contributed by atoms with Crippen LogP contribution in [0, 0.1) is 0 Å². The number of carbonyl (C=O) groups excluding carboxylic acids is 2. The third-order valence-electron chi connectivity index (χ3n) is 2.49. The van der Waals surface area contributed by atoms with Gasteiger partial charge in [0.05, 0.1) is 6.54 Å². The fourth-order valence-electron chi connectivity index (χ4n) is 1.55. The Balaban J connectivity index is 2.44. The Morgan fingerprint density at radius 1 is 1.24 bits per heavy atom. The largest absolute Gasteiger partial charge is 0.444 e. The highest BCUT2D eigenvalue weighted by Gasteiger charge is 2.14. The summed E-state index contributed by atoms with van der Waals surface area (Å²) in [4.78, 5) is 22.8. The maximum atomic E-state index is 11.4. The zero-order chi connectivity index (χ0) is 15.9. The average molecular weight is 290 g/mol. The van der Waals surface area contributed by atoms with Crippen molar-refractivity contribution in [1.29, 1.82) is 0 Å². The van der Waals surface area contributed by atoms with Gasteiger partial charge in [0, 0.05) is 12.1 Å². The van der Waals surface area contributed by atoms with E-state index < -0.39 is 11.7 Å². The number of rotatable bonds is 5. The number of alkyl carbamates (subject to hydrolysis) is 1. The zero-order valence-corrected chi connectivity index (χ0v) is 12.7. The van der Waals surface area contributed by atoms with E-state index in [1.54, 1.807) is 12.1 Å². The lowest BCUT2D eigenvalue weighted by Crippen LogP contribution is -2.32. The van der Waals surface area contributed by atoms with Crippen LogP contribution in [0.1, 0.15) is 36.7 Å². The highest BCUT2D eigenvalue weighted by atomic mass is 16.6. The SMILES string of the molecule is CC(C)(C)OC(=O)NCC=Cc1ccc(C(=O)CN)cc1. The summed E-state index contributed by atoms with van der Waals surface area (Å²) < 4.78 is 5.11. The van der Waals surface area contributed by atoms with Crippen molar-refractivity contribution in [1.82, 2.24) is 5.32 Å². The average Bonchev–Trinajstić information content (AvgIpc) is 2.41. The van der Waals surface area contributed by atoms with E-state index in [4.69, 9.17) is 10.5 Å². The number of ketones is 1. The fraction of sp³-hybridized carbons (Fsp3) is 0.375. The van der Waals surface area contributed by atoms with E-state index >= 15 is 0 Å². The topological polar surface area (TPSA) is 81.4 Å². The summed E-state index contributed by atoms with van der Waals surface area (Å²) in [6.07, 6.45) is 3.22. The Kier molecular flexibility index (Phi) is 6.11. The normalized spacial score (nSPS) is 11.4. The molecule has 5 nitrogen and oxygen atoms in total. The first kappa shape index (κ1) is 16.9. The van der Waals surface area contributed by atoms with E-state index in [-0.39, 0.29) is 12.3 Å². The predicted molar refractivity (Wildman–Crippen MR) is 83.1 cm³/mol. The molecule has 1 amide bonds. The monoisotopic (exact) mass is 290 g/mol. The molecule has 0 atom stereocenters. The minimum Gasteiger partial charge on any atom is -0.444 e. The molecule has 0 saturated carbocycles. The van der Waals surface area contributed by atoms with Crippen molar-refractivity contribution >= 4 is 18.0 Å². The van der Waals surface area contributed by atoms with Crippen LogP contribution >= 0.6 is 0 Å². The molecule has 0 fully saturated rings. The van der Waals surface area contributed by atoms with Crippen LogP contribution in [0.25, 0.3) is 6.08 Å². The molecule has 0 aliphatic carbocycles. The van der Waals surface area contributed by atoms with Crippen molar-refractivity contribution in [3.05, 3.63) is 41.5 Å². The number of carbonyl (C=O) groups is 2. The van der Waals surface area contributed by atoms with Gasteiger partial charge in [-0.25, -0.2) is 4.79 Å². The first-order valence-electron chi connectivity index (χ1n) is 6.78. The lowest BCUT2D eigenvalue weighted by Gasteiger charge is -2.19. The van der Waals surface area contributed by atoms with Gasteiger partial charge in [-0.1, -0.05) is 36.4 Å². The van der Waals surface area contributed by atoms with Gasteiger partial charge in [-0.3, -0.25) is 4.79 Å². The standard InChI is InChI=1S/C16H22N2O3/c1-16(2,3)21-15(20)18-10-4-5-12-6-8-13(9-7-12)14(19)11-17/h4-9H,10-11,17H2,1-3H3,(H,18,20). The van der Waals surface area contributed by atoms with Gasteiger partial charge in [0.1, 0.15) is 5.60 Å². The summed E-state index contributed by atoms with van der Waals surface area (Å²) in [5, 5.41) is 2.63. The first-order valence-corrected chi connectivity index (χ1v) is 6.78. The molecule has 114 valence electrons. The number of ether oxygens (including phenoxy) is 1. The molecule has 0 aliphatic rings. The number of amides is 1. The zero-order valence-electron chi connectivity index (χ0n) is 12.7. The van der Waals surface area contributed by atoms with Crippen molar-refractivity contribution < 1.29 is 14.3 Å². The summed E-state index contributed by atoms with van der Waals surface area (Å²) in [7, 11) is 0. The Hall–Kier alpha value is -2.14. The van der Waals surface area contributed by atoms with Crippen LogP contribution in [-0.4, -0.2) is 30.6 Å². The van der Waals surface area contributed by atoms with Gasteiger partial charge >= 0.3 is 6.09 Å². The van der Waals surface area contributed by atoms with Crippen LogP contribution in [0.4, 0.5) is 4.79 Å². The fourth-order valence-corrected chi connectivity index (χ4v) is 1.55. The lowest BCUT2D eigenvalue weighted by molar-refractivity contribution is 0.0534. The van der Waals surface area contributed by atoms with Gasteiger partial charge in [0.15, 0.2) is 5.78 Å². The second-order valence-corrected chi connectivity index (χ2v) is 5.53. The predicted octanol–water partition coefficient (Wildman–Crippen LogP) is 2.37. The van der Waals surface area contributed by atoms with Crippen molar-refractivity contribution in [3.63, 3.8) is 0 Å². The lowest BCUT2D eigenvalue weighted by atomic mass is 10.1. The highest BCUT2D eigenvalue weighted by Crippen LogP contribution is 2.07. The summed E-state index contributed by atoms with van der Waals surface area (Å²) in [6, 6.07) is 7.12. The van der Waals surface area contributed by atoms with Crippen molar-refractivity contribution in [2.24, 2.45) is 5.73 Å². The molecule has 0 spiro atoms. The summed E-state index contributed by atoms with van der Waals surface area (Å²) in [6.45, 7) is 5.82. The molecule has 1 aromatic carbocycles. The molecule has 0 unspecified atom stereocenters. The summed E-state index contributed by atoms with van der Waals surface area (Å²) in [5.41, 5.74) is 6.33. The second kappa shape index (κ2) is 7.59. The van der Waals surface area contributed by atoms with Gasteiger partial charge in [-0.2, -0.15) is 0 Å². The number of Topliss-reactive ketones (excluding diaryl/α,β-unsaturated/α-hetero) is 1. The third kappa shape index (κ3) is 6.72. The van der Waals surface area contributed by atoms with Crippen molar-refractivity contribution in [2.45, 2.75) is 26.4 Å². The van der Waals surface area contributed by atoms with E-state index in [9.17, 15) is 9.59 Å². The summed E-state index contributed by atoms with van der Waals surface area (Å²) >= 11 is 0. The Bertz CT molecular complexity index is 513.